The fourth-order valence-electron chi connectivity index (χ4n) is 1.89. The fraction of sp³-hybridized carbons (Fsp3) is 0.133. The second-order valence-corrected chi connectivity index (χ2v) is 4.31. The molecule has 2 aromatic carbocycles. The van der Waals surface area contributed by atoms with Crippen LogP contribution in [0, 0.1) is 11.6 Å². The summed E-state index contributed by atoms with van der Waals surface area (Å²) < 4.78 is 36.7. The van der Waals surface area contributed by atoms with Gasteiger partial charge < -0.3 is 19.9 Å². The van der Waals surface area contributed by atoms with Crippen LogP contribution in [-0.4, -0.2) is 25.2 Å². The third-order valence-corrected chi connectivity index (χ3v) is 2.90. The van der Waals surface area contributed by atoms with E-state index in [9.17, 15) is 18.7 Å². The van der Waals surface area contributed by atoms with Crippen LogP contribution < -0.4 is 14.8 Å². The number of nitrogens with one attached hydrogen (secondary N) is 1. The summed E-state index contributed by atoms with van der Waals surface area (Å²) in [7, 11) is 2.89. The van der Waals surface area contributed by atoms with E-state index in [4.69, 9.17) is 9.47 Å². The molecular formula is C15H13F2NO4. The Bertz CT molecular complexity index is 696. The first kappa shape index (κ1) is 15.6. The molecule has 0 aliphatic rings. The number of rotatable bonds is 4. The van der Waals surface area contributed by atoms with Crippen molar-refractivity contribution in [3.05, 3.63) is 47.5 Å². The van der Waals surface area contributed by atoms with E-state index in [1.54, 1.807) is 6.07 Å². The van der Waals surface area contributed by atoms with E-state index in [0.717, 1.165) is 0 Å². The molecule has 0 heterocycles. The first-order valence-electron chi connectivity index (χ1n) is 6.17. The lowest BCUT2D eigenvalue weighted by atomic mass is 10.1. The predicted octanol–water partition coefficient (Wildman–Crippen LogP) is 2.94. The highest BCUT2D eigenvalue weighted by molar-refractivity contribution is 6.06. The van der Waals surface area contributed by atoms with Gasteiger partial charge in [0, 0.05) is 23.9 Å². The molecule has 7 heteroatoms. The average molecular weight is 309 g/mol. The highest BCUT2D eigenvalue weighted by atomic mass is 19.1. The van der Waals surface area contributed by atoms with E-state index >= 15 is 0 Å². The number of anilines is 1. The third-order valence-electron chi connectivity index (χ3n) is 2.90. The van der Waals surface area contributed by atoms with Gasteiger partial charge in [0.2, 0.25) is 0 Å². The van der Waals surface area contributed by atoms with Gasteiger partial charge >= 0.3 is 0 Å². The number of aromatic hydroxyl groups is 1. The number of halogens is 2. The molecule has 0 radical (unpaired) electrons. The number of ether oxygens (including phenoxy) is 2. The molecular weight excluding hydrogens is 296 g/mol. The van der Waals surface area contributed by atoms with Crippen molar-refractivity contribution >= 4 is 11.6 Å². The molecule has 0 spiro atoms. The molecule has 0 aliphatic heterocycles. The predicted molar refractivity (Wildman–Crippen MR) is 75.5 cm³/mol. The number of hydrogen-bond donors (Lipinski definition) is 2. The summed E-state index contributed by atoms with van der Waals surface area (Å²) >= 11 is 0. The number of amides is 1. The standard InChI is InChI=1S/C15H13F2NO4/c1-21-12-4-3-9(7-13(12)22-2)18-15(20)14-10(17)5-8(16)6-11(14)19/h3-7,19H,1-2H3,(H,18,20). The molecule has 2 aromatic rings. The zero-order chi connectivity index (χ0) is 16.3. The molecule has 116 valence electrons. The topological polar surface area (TPSA) is 67.8 Å². The third kappa shape index (κ3) is 3.08. The molecule has 5 nitrogen and oxygen atoms in total. The zero-order valence-electron chi connectivity index (χ0n) is 11.8. The molecule has 1 amide bonds. The van der Waals surface area contributed by atoms with Crippen LogP contribution >= 0.6 is 0 Å². The number of carbonyl (C=O) groups is 1. The molecule has 0 unspecified atom stereocenters. The Kier molecular flexibility index (Phi) is 4.45. The van der Waals surface area contributed by atoms with Gasteiger partial charge in [0.15, 0.2) is 11.5 Å². The van der Waals surface area contributed by atoms with Gasteiger partial charge in [0.1, 0.15) is 22.9 Å². The van der Waals surface area contributed by atoms with Crippen molar-refractivity contribution < 1.29 is 28.2 Å². The Hall–Kier alpha value is -2.83. The number of methoxy groups -OCH3 is 2. The van der Waals surface area contributed by atoms with Crippen molar-refractivity contribution in [2.24, 2.45) is 0 Å². The van der Waals surface area contributed by atoms with Gasteiger partial charge in [0.25, 0.3) is 5.91 Å². The van der Waals surface area contributed by atoms with Gasteiger partial charge in [0.05, 0.1) is 14.2 Å². The lowest BCUT2D eigenvalue weighted by Crippen LogP contribution is -2.14. The van der Waals surface area contributed by atoms with Crippen LogP contribution in [0.1, 0.15) is 10.4 Å². The Morgan fingerprint density at radius 1 is 1.09 bits per heavy atom. The van der Waals surface area contributed by atoms with Gasteiger partial charge in [-0.25, -0.2) is 8.78 Å². The fourth-order valence-corrected chi connectivity index (χ4v) is 1.89. The lowest BCUT2D eigenvalue weighted by Gasteiger charge is -2.11. The Balaban J connectivity index is 2.30. The maximum absolute atomic E-state index is 13.6. The molecule has 0 aromatic heterocycles. The first-order chi connectivity index (χ1) is 10.5. The first-order valence-corrected chi connectivity index (χ1v) is 6.17. The zero-order valence-corrected chi connectivity index (χ0v) is 11.8. The Labute approximate surface area is 125 Å². The minimum absolute atomic E-state index is 0.297. The quantitative estimate of drug-likeness (QED) is 0.911. The van der Waals surface area contributed by atoms with Gasteiger partial charge in [-0.1, -0.05) is 0 Å². The van der Waals surface area contributed by atoms with Crippen molar-refractivity contribution in [1.29, 1.82) is 0 Å². The average Bonchev–Trinajstić information content (AvgIpc) is 2.45. The monoisotopic (exact) mass is 309 g/mol. The van der Waals surface area contributed by atoms with Gasteiger partial charge in [-0.15, -0.1) is 0 Å². The Morgan fingerprint density at radius 3 is 2.36 bits per heavy atom. The summed E-state index contributed by atoms with van der Waals surface area (Å²) in [6.45, 7) is 0. The summed E-state index contributed by atoms with van der Waals surface area (Å²) in [6, 6.07) is 5.71. The largest absolute Gasteiger partial charge is 0.507 e. The number of benzene rings is 2. The minimum Gasteiger partial charge on any atom is -0.507 e. The normalized spacial score (nSPS) is 10.2. The molecule has 2 N–H and O–H groups in total. The maximum Gasteiger partial charge on any atom is 0.262 e. The van der Waals surface area contributed by atoms with Crippen molar-refractivity contribution in [1.82, 2.24) is 0 Å². The van der Waals surface area contributed by atoms with Crippen LogP contribution in [0.3, 0.4) is 0 Å². The van der Waals surface area contributed by atoms with Crippen LogP contribution in [0.25, 0.3) is 0 Å². The number of phenols is 1. The maximum atomic E-state index is 13.6. The van der Waals surface area contributed by atoms with Gasteiger partial charge in [-0.3, -0.25) is 4.79 Å². The van der Waals surface area contributed by atoms with Gasteiger partial charge in [-0.05, 0) is 12.1 Å². The van der Waals surface area contributed by atoms with Crippen molar-refractivity contribution in [3.63, 3.8) is 0 Å². The van der Waals surface area contributed by atoms with Crippen LogP contribution in [0.15, 0.2) is 30.3 Å². The molecule has 0 aliphatic carbocycles. The van der Waals surface area contributed by atoms with Crippen LogP contribution in [0.5, 0.6) is 17.2 Å². The lowest BCUT2D eigenvalue weighted by molar-refractivity contribution is 0.102. The van der Waals surface area contributed by atoms with E-state index in [-0.39, 0.29) is 0 Å². The van der Waals surface area contributed by atoms with Crippen molar-refractivity contribution in [2.45, 2.75) is 0 Å². The van der Waals surface area contributed by atoms with E-state index in [1.807, 2.05) is 0 Å². The number of hydrogen-bond acceptors (Lipinski definition) is 4. The SMILES string of the molecule is COc1ccc(NC(=O)c2c(O)cc(F)cc2F)cc1OC. The highest BCUT2D eigenvalue weighted by Gasteiger charge is 2.19. The summed E-state index contributed by atoms with van der Waals surface area (Å²) in [5.74, 6) is -3.01. The van der Waals surface area contributed by atoms with E-state index in [1.165, 1.54) is 26.4 Å². The number of phenolic OH excluding ortho intramolecular Hbond substituents is 1. The smallest absolute Gasteiger partial charge is 0.262 e. The summed E-state index contributed by atoms with van der Waals surface area (Å²) in [5, 5.41) is 11.9. The molecule has 0 bridgehead atoms. The highest BCUT2D eigenvalue weighted by Crippen LogP contribution is 2.30. The second-order valence-electron chi connectivity index (χ2n) is 4.31. The summed E-state index contributed by atoms with van der Waals surface area (Å²) in [5.41, 5.74) is -0.345. The van der Waals surface area contributed by atoms with Crippen LogP contribution in [-0.2, 0) is 0 Å². The summed E-state index contributed by atoms with van der Waals surface area (Å²) in [4.78, 5) is 12.0. The number of carbonyl (C=O) groups excluding carboxylic acids is 1. The second kappa shape index (κ2) is 6.30. The van der Waals surface area contributed by atoms with Crippen LogP contribution in [0.2, 0.25) is 0 Å². The molecule has 0 atom stereocenters. The minimum atomic E-state index is -1.16. The molecule has 2 rings (SSSR count). The summed E-state index contributed by atoms with van der Waals surface area (Å²) in [6.07, 6.45) is 0. The molecule has 0 saturated carbocycles. The molecule has 0 saturated heterocycles. The van der Waals surface area contributed by atoms with E-state index in [2.05, 4.69) is 5.32 Å². The van der Waals surface area contributed by atoms with Gasteiger partial charge in [-0.2, -0.15) is 0 Å². The van der Waals surface area contributed by atoms with Crippen molar-refractivity contribution in [2.75, 3.05) is 19.5 Å². The Morgan fingerprint density at radius 2 is 1.77 bits per heavy atom. The van der Waals surface area contributed by atoms with Crippen molar-refractivity contribution in [3.8, 4) is 17.2 Å². The van der Waals surface area contributed by atoms with E-state index in [0.29, 0.717) is 29.3 Å². The van der Waals surface area contributed by atoms with Crippen LogP contribution in [0.4, 0.5) is 14.5 Å². The molecule has 0 fully saturated rings. The molecule has 22 heavy (non-hydrogen) atoms. The van der Waals surface area contributed by atoms with E-state index < -0.39 is 28.9 Å².